The SMILES string of the molecule is COCCOCCOCC=[N+]1c2ccc3ccccc3c2C(C)(C)[C-]1/C=C/C=C/C=C/N(C(C)=O)c1ccccc1. The molecule has 0 fully saturated rings. The molecule has 1 amide bonds. The average molecular weight is 553 g/mol. The first-order valence-corrected chi connectivity index (χ1v) is 14.0. The minimum absolute atomic E-state index is 0.0421. The van der Waals surface area contributed by atoms with Gasteiger partial charge in [0.25, 0.3) is 0 Å². The van der Waals surface area contributed by atoms with Crippen molar-refractivity contribution in [2.45, 2.75) is 26.2 Å². The largest absolute Gasteiger partial charge is 0.382 e. The van der Waals surface area contributed by atoms with Crippen molar-refractivity contribution in [3.63, 3.8) is 0 Å². The van der Waals surface area contributed by atoms with Crippen molar-refractivity contribution in [1.29, 1.82) is 0 Å². The predicted octanol–water partition coefficient (Wildman–Crippen LogP) is 6.74. The molecule has 0 saturated heterocycles. The van der Waals surface area contributed by atoms with Crippen LogP contribution in [0.3, 0.4) is 0 Å². The van der Waals surface area contributed by atoms with Crippen molar-refractivity contribution < 1.29 is 23.6 Å². The highest BCUT2D eigenvalue weighted by atomic mass is 16.5. The van der Waals surface area contributed by atoms with E-state index in [4.69, 9.17) is 14.2 Å². The van der Waals surface area contributed by atoms with Crippen LogP contribution in [0.1, 0.15) is 26.3 Å². The second-order valence-electron chi connectivity index (χ2n) is 10.2. The van der Waals surface area contributed by atoms with Crippen molar-refractivity contribution in [3.8, 4) is 0 Å². The van der Waals surface area contributed by atoms with Gasteiger partial charge in [-0.25, -0.2) is 0 Å². The smallest absolute Gasteiger partial charge is 0.227 e. The molecule has 1 aliphatic rings. The molecule has 6 heteroatoms. The number of amides is 1. The average Bonchev–Trinajstić information content (AvgIpc) is 3.19. The van der Waals surface area contributed by atoms with E-state index < -0.39 is 0 Å². The fourth-order valence-electron chi connectivity index (χ4n) is 5.11. The van der Waals surface area contributed by atoms with Gasteiger partial charge in [-0.05, 0) is 40.6 Å². The molecule has 1 aliphatic heterocycles. The van der Waals surface area contributed by atoms with E-state index in [0.717, 1.165) is 17.4 Å². The summed E-state index contributed by atoms with van der Waals surface area (Å²) in [5.74, 6) is -0.0421. The number of para-hydroxylation sites is 1. The number of anilines is 1. The zero-order chi connectivity index (χ0) is 29.1. The standard InChI is InChI=1S/C35H40N2O4/c1-28(38)36(30-15-8-7-9-16-30)21-13-6-5-10-18-33-35(2,3)34-31-17-12-11-14-29(31)19-20-32(34)37(33)22-23-40-26-27-41-25-24-39-4/h5-22H,23-27H2,1-4H3/b6-5+,18-10+,21-13+. The molecule has 214 valence electrons. The van der Waals surface area contributed by atoms with Crippen LogP contribution in [0.15, 0.2) is 103 Å². The van der Waals surface area contributed by atoms with E-state index in [-0.39, 0.29) is 11.3 Å². The first kappa shape index (κ1) is 30.0. The lowest BCUT2D eigenvalue weighted by atomic mass is 9.78. The van der Waals surface area contributed by atoms with Crippen LogP contribution in [0.5, 0.6) is 0 Å². The third-order valence-electron chi connectivity index (χ3n) is 7.07. The molecular weight excluding hydrogens is 512 g/mol. The van der Waals surface area contributed by atoms with Crippen LogP contribution in [0.25, 0.3) is 10.8 Å². The van der Waals surface area contributed by atoms with Crippen LogP contribution in [0, 0.1) is 6.04 Å². The summed E-state index contributed by atoms with van der Waals surface area (Å²) in [7, 11) is 1.66. The van der Waals surface area contributed by atoms with Gasteiger partial charge in [0, 0.05) is 31.3 Å². The molecule has 0 unspecified atom stereocenters. The van der Waals surface area contributed by atoms with E-state index in [1.54, 1.807) is 25.1 Å². The third-order valence-corrected chi connectivity index (χ3v) is 7.07. The Kier molecular flexibility index (Phi) is 10.7. The number of rotatable bonds is 13. The van der Waals surface area contributed by atoms with E-state index in [1.807, 2.05) is 54.6 Å². The molecule has 4 rings (SSSR count). The van der Waals surface area contributed by atoms with Crippen LogP contribution >= 0.6 is 0 Å². The fraction of sp³-hybridized carbons (Fsp3) is 0.286. The van der Waals surface area contributed by atoms with E-state index in [1.165, 1.54) is 16.3 Å². The quantitative estimate of drug-likeness (QED) is 0.102. The van der Waals surface area contributed by atoms with Crippen molar-refractivity contribution in [2.75, 3.05) is 45.0 Å². The zero-order valence-electron chi connectivity index (χ0n) is 24.5. The summed E-state index contributed by atoms with van der Waals surface area (Å²) >= 11 is 0. The van der Waals surface area contributed by atoms with Crippen LogP contribution in [-0.4, -0.2) is 56.8 Å². The maximum absolute atomic E-state index is 12.1. The first-order chi connectivity index (χ1) is 19.9. The molecule has 0 bridgehead atoms. The summed E-state index contributed by atoms with van der Waals surface area (Å²) in [6.45, 7) is 8.75. The molecule has 0 radical (unpaired) electrons. The molecule has 0 aromatic heterocycles. The number of benzene rings is 3. The number of nitrogens with zero attached hydrogens (tertiary/aromatic N) is 2. The van der Waals surface area contributed by atoms with E-state index in [9.17, 15) is 4.79 Å². The first-order valence-electron chi connectivity index (χ1n) is 14.0. The summed E-state index contributed by atoms with van der Waals surface area (Å²) in [6, 6.07) is 23.7. The number of hydrogen-bond acceptors (Lipinski definition) is 4. The summed E-state index contributed by atoms with van der Waals surface area (Å²) in [5.41, 5.74) is 3.08. The van der Waals surface area contributed by atoms with Crippen molar-refractivity contribution >= 4 is 34.3 Å². The Morgan fingerprint density at radius 1 is 0.878 bits per heavy atom. The van der Waals surface area contributed by atoms with Crippen molar-refractivity contribution in [2.24, 2.45) is 0 Å². The van der Waals surface area contributed by atoms with Crippen LogP contribution < -0.4 is 4.90 Å². The van der Waals surface area contributed by atoms with Crippen LogP contribution in [0.4, 0.5) is 11.4 Å². The lowest BCUT2D eigenvalue weighted by Crippen LogP contribution is -2.26. The number of methoxy groups -OCH3 is 1. The Hall–Kier alpha value is -3.97. The minimum atomic E-state index is -0.227. The second-order valence-corrected chi connectivity index (χ2v) is 10.2. The molecule has 0 atom stereocenters. The molecule has 0 saturated carbocycles. The van der Waals surface area contributed by atoms with E-state index in [0.29, 0.717) is 33.0 Å². The van der Waals surface area contributed by atoms with Crippen molar-refractivity contribution in [1.82, 2.24) is 0 Å². The second kappa shape index (κ2) is 14.6. The van der Waals surface area contributed by atoms with Crippen LogP contribution in [-0.2, 0) is 24.4 Å². The van der Waals surface area contributed by atoms with Crippen LogP contribution in [0.2, 0.25) is 0 Å². The monoisotopic (exact) mass is 552 g/mol. The van der Waals surface area contributed by atoms with Gasteiger partial charge in [-0.15, -0.1) is 12.2 Å². The van der Waals surface area contributed by atoms with E-state index >= 15 is 0 Å². The lowest BCUT2D eigenvalue weighted by molar-refractivity contribution is -0.411. The number of ether oxygens (including phenoxy) is 3. The molecule has 41 heavy (non-hydrogen) atoms. The highest BCUT2D eigenvalue weighted by Gasteiger charge is 2.44. The Morgan fingerprint density at radius 2 is 1.59 bits per heavy atom. The number of allylic oxidation sites excluding steroid dienone is 4. The molecular formula is C35H40N2O4. The van der Waals surface area contributed by atoms with Gasteiger partial charge in [0.2, 0.25) is 5.91 Å². The Labute approximate surface area is 243 Å². The number of hydrogen-bond donors (Lipinski definition) is 0. The highest BCUT2D eigenvalue weighted by Crippen LogP contribution is 2.51. The van der Waals surface area contributed by atoms with Gasteiger partial charge in [-0.2, -0.15) is 0 Å². The Bertz CT molecular complexity index is 1420. The molecule has 3 aromatic rings. The highest BCUT2D eigenvalue weighted by molar-refractivity contribution is 5.93. The summed E-state index contributed by atoms with van der Waals surface area (Å²) in [4.78, 5) is 13.8. The summed E-state index contributed by atoms with van der Waals surface area (Å²) in [6.07, 6.45) is 13.9. The number of fused-ring (bicyclic) bond motifs is 3. The topological polar surface area (TPSA) is 51.0 Å². The number of carbonyl (C=O) groups excluding carboxylic acids is 1. The van der Waals surface area contributed by atoms with Gasteiger partial charge in [0.05, 0.1) is 39.2 Å². The van der Waals surface area contributed by atoms with Gasteiger partial charge in [-0.3, -0.25) is 14.3 Å². The fourth-order valence-corrected chi connectivity index (χ4v) is 5.11. The summed E-state index contributed by atoms with van der Waals surface area (Å²) < 4.78 is 18.7. The third kappa shape index (κ3) is 7.41. The summed E-state index contributed by atoms with van der Waals surface area (Å²) in [5, 5.41) is 2.49. The minimum Gasteiger partial charge on any atom is -0.382 e. The van der Waals surface area contributed by atoms with Gasteiger partial charge in [-0.1, -0.05) is 74.5 Å². The van der Waals surface area contributed by atoms with Gasteiger partial charge in [0.1, 0.15) is 11.7 Å². The Balaban J connectivity index is 1.52. The molecule has 1 heterocycles. The molecule has 0 spiro atoms. The van der Waals surface area contributed by atoms with E-state index in [2.05, 4.69) is 67.1 Å². The van der Waals surface area contributed by atoms with Gasteiger partial charge in [0.15, 0.2) is 0 Å². The molecule has 0 N–H and O–H groups in total. The molecule has 6 nitrogen and oxygen atoms in total. The lowest BCUT2D eigenvalue weighted by Gasteiger charge is -2.25. The Morgan fingerprint density at radius 3 is 2.37 bits per heavy atom. The van der Waals surface area contributed by atoms with Gasteiger partial charge >= 0.3 is 0 Å². The normalized spacial score (nSPS) is 15.6. The maximum atomic E-state index is 12.1. The zero-order valence-corrected chi connectivity index (χ0v) is 24.5. The molecule has 0 aliphatic carbocycles. The number of carbonyl (C=O) groups is 1. The molecule has 3 aromatic carbocycles. The predicted molar refractivity (Wildman–Crippen MR) is 167 cm³/mol. The van der Waals surface area contributed by atoms with Gasteiger partial charge < -0.3 is 14.2 Å². The maximum Gasteiger partial charge on any atom is 0.227 e. The van der Waals surface area contributed by atoms with Crippen molar-refractivity contribution in [3.05, 3.63) is 115 Å².